The normalized spacial score (nSPS) is 20.3. The van der Waals surface area contributed by atoms with E-state index in [0.717, 1.165) is 36.2 Å². The minimum absolute atomic E-state index is 0.130. The van der Waals surface area contributed by atoms with Gasteiger partial charge in [0.15, 0.2) is 0 Å². The van der Waals surface area contributed by atoms with Crippen molar-refractivity contribution in [3.05, 3.63) is 34.9 Å². The van der Waals surface area contributed by atoms with Gasteiger partial charge in [-0.2, -0.15) is 10.5 Å². The molecule has 0 aromatic heterocycles. The van der Waals surface area contributed by atoms with E-state index in [1.807, 2.05) is 24.3 Å². The van der Waals surface area contributed by atoms with Gasteiger partial charge in [0.2, 0.25) is 0 Å². The molecule has 1 heterocycles. The van der Waals surface area contributed by atoms with Gasteiger partial charge in [-0.3, -0.25) is 5.32 Å². The average molecular weight is 306 g/mol. The van der Waals surface area contributed by atoms with Crippen molar-refractivity contribution >= 4 is 11.8 Å². The van der Waals surface area contributed by atoms with Crippen LogP contribution in [0.4, 0.5) is 5.69 Å². The van der Waals surface area contributed by atoms with Gasteiger partial charge in [0, 0.05) is 18.2 Å². The monoisotopic (exact) mass is 306 g/mol. The van der Waals surface area contributed by atoms with Crippen LogP contribution in [0.5, 0.6) is 0 Å². The third kappa shape index (κ3) is 3.09. The van der Waals surface area contributed by atoms with E-state index < -0.39 is 0 Å². The predicted molar refractivity (Wildman–Crippen MR) is 91.5 cm³/mol. The zero-order valence-corrected chi connectivity index (χ0v) is 13.9. The Morgan fingerprint density at radius 1 is 1.22 bits per heavy atom. The van der Waals surface area contributed by atoms with E-state index in [0.29, 0.717) is 11.6 Å². The molecular formula is C19H22N4. The van der Waals surface area contributed by atoms with Gasteiger partial charge < -0.3 is 4.90 Å². The van der Waals surface area contributed by atoms with Crippen molar-refractivity contribution in [2.75, 3.05) is 11.4 Å². The third-order valence-electron chi connectivity index (χ3n) is 4.22. The number of nitriles is 2. The van der Waals surface area contributed by atoms with Gasteiger partial charge in [0.1, 0.15) is 12.2 Å². The molecule has 0 radical (unpaired) electrons. The largest absolute Gasteiger partial charge is 0.347 e. The van der Waals surface area contributed by atoms with E-state index in [1.54, 1.807) is 0 Å². The molecule has 1 aromatic rings. The Bertz CT molecular complexity index is 723. The molecule has 1 aliphatic carbocycles. The molecule has 0 spiro atoms. The SMILES string of the molecule is CC(C)(C)CNC1C(C#N)=Cc2cccc(C#N)c2N1C1CC1. The number of hydrogen-bond acceptors (Lipinski definition) is 4. The topological polar surface area (TPSA) is 62.9 Å². The van der Waals surface area contributed by atoms with Gasteiger partial charge in [0.25, 0.3) is 0 Å². The lowest BCUT2D eigenvalue weighted by Crippen LogP contribution is -2.52. The van der Waals surface area contributed by atoms with E-state index in [9.17, 15) is 10.5 Å². The fourth-order valence-corrected chi connectivity index (χ4v) is 3.03. The summed E-state index contributed by atoms with van der Waals surface area (Å²) in [5.41, 5.74) is 3.49. The van der Waals surface area contributed by atoms with Gasteiger partial charge in [-0.15, -0.1) is 0 Å². The second-order valence-corrected chi connectivity index (χ2v) is 7.55. The standard InChI is InChI=1S/C19H22N4/c1-19(2,3)12-22-18-15(11-21)9-13-5-4-6-14(10-20)17(13)23(18)16-7-8-16/h4-6,9,16,18,22H,7-8,12H2,1-3H3. The summed E-state index contributed by atoms with van der Waals surface area (Å²) >= 11 is 0. The quantitative estimate of drug-likeness (QED) is 0.929. The second-order valence-electron chi connectivity index (χ2n) is 7.55. The first-order chi connectivity index (χ1) is 10.9. The summed E-state index contributed by atoms with van der Waals surface area (Å²) in [6, 6.07) is 10.8. The number of anilines is 1. The summed E-state index contributed by atoms with van der Waals surface area (Å²) in [5.74, 6) is 0. The summed E-state index contributed by atoms with van der Waals surface area (Å²) in [5, 5.41) is 22.7. The first-order valence-electron chi connectivity index (χ1n) is 8.11. The van der Waals surface area contributed by atoms with Crippen LogP contribution in [0.25, 0.3) is 6.08 Å². The maximum Gasteiger partial charge on any atom is 0.116 e. The Labute approximate surface area is 138 Å². The lowest BCUT2D eigenvalue weighted by atomic mass is 9.94. The summed E-state index contributed by atoms with van der Waals surface area (Å²) < 4.78 is 0. The highest BCUT2D eigenvalue weighted by Crippen LogP contribution is 2.42. The van der Waals surface area contributed by atoms with Gasteiger partial charge in [-0.25, -0.2) is 0 Å². The van der Waals surface area contributed by atoms with Crippen molar-refractivity contribution in [3.63, 3.8) is 0 Å². The fourth-order valence-electron chi connectivity index (χ4n) is 3.03. The van der Waals surface area contributed by atoms with Crippen LogP contribution in [0, 0.1) is 28.1 Å². The molecule has 118 valence electrons. The Morgan fingerprint density at radius 2 is 1.96 bits per heavy atom. The number of benzene rings is 1. The molecule has 1 N–H and O–H groups in total. The molecule has 4 nitrogen and oxygen atoms in total. The third-order valence-corrected chi connectivity index (χ3v) is 4.22. The van der Waals surface area contributed by atoms with Crippen LogP contribution in [0.3, 0.4) is 0 Å². The lowest BCUT2D eigenvalue weighted by Gasteiger charge is -2.40. The first kappa shape index (κ1) is 15.6. The van der Waals surface area contributed by atoms with Crippen molar-refractivity contribution < 1.29 is 0 Å². The Kier molecular flexibility index (Phi) is 3.88. The van der Waals surface area contributed by atoms with Crippen molar-refractivity contribution in [1.29, 1.82) is 10.5 Å². The zero-order valence-electron chi connectivity index (χ0n) is 13.9. The molecule has 1 aliphatic heterocycles. The summed E-state index contributed by atoms with van der Waals surface area (Å²) in [7, 11) is 0. The smallest absolute Gasteiger partial charge is 0.116 e. The molecule has 1 atom stereocenters. The molecule has 2 aliphatic rings. The van der Waals surface area contributed by atoms with Crippen LogP contribution in [-0.4, -0.2) is 18.8 Å². The molecular weight excluding hydrogens is 284 g/mol. The van der Waals surface area contributed by atoms with Crippen molar-refractivity contribution in [2.45, 2.75) is 45.8 Å². The Hall–Kier alpha value is -2.30. The van der Waals surface area contributed by atoms with Crippen molar-refractivity contribution in [1.82, 2.24) is 5.32 Å². The summed E-state index contributed by atoms with van der Waals surface area (Å²) in [6.45, 7) is 7.34. The number of para-hydroxylation sites is 1. The van der Waals surface area contributed by atoms with E-state index in [2.05, 4.69) is 43.1 Å². The molecule has 4 heteroatoms. The Morgan fingerprint density at radius 3 is 2.52 bits per heavy atom. The molecule has 1 fully saturated rings. The highest BCUT2D eigenvalue weighted by Gasteiger charge is 2.40. The highest BCUT2D eigenvalue weighted by atomic mass is 15.3. The van der Waals surface area contributed by atoms with Gasteiger partial charge in [-0.05, 0) is 30.4 Å². The van der Waals surface area contributed by atoms with E-state index in [-0.39, 0.29) is 11.6 Å². The van der Waals surface area contributed by atoms with E-state index in [1.165, 1.54) is 0 Å². The molecule has 0 amide bonds. The van der Waals surface area contributed by atoms with Crippen LogP contribution < -0.4 is 10.2 Å². The number of nitrogens with one attached hydrogen (secondary N) is 1. The molecule has 1 aromatic carbocycles. The van der Waals surface area contributed by atoms with Crippen LogP contribution in [0.15, 0.2) is 23.8 Å². The van der Waals surface area contributed by atoms with E-state index >= 15 is 0 Å². The fraction of sp³-hybridized carbons (Fsp3) is 0.474. The highest BCUT2D eigenvalue weighted by molar-refractivity contribution is 5.81. The zero-order chi connectivity index (χ0) is 16.6. The van der Waals surface area contributed by atoms with Crippen LogP contribution in [0.2, 0.25) is 0 Å². The second kappa shape index (κ2) is 5.72. The van der Waals surface area contributed by atoms with Crippen molar-refractivity contribution in [3.8, 4) is 12.1 Å². The summed E-state index contributed by atoms with van der Waals surface area (Å²) in [6.07, 6.45) is 4.01. The van der Waals surface area contributed by atoms with Gasteiger partial charge in [-0.1, -0.05) is 32.9 Å². The molecule has 1 saturated carbocycles. The summed E-state index contributed by atoms with van der Waals surface area (Å²) in [4.78, 5) is 2.26. The number of fused-ring (bicyclic) bond motifs is 1. The number of nitrogens with zero attached hydrogens (tertiary/aromatic N) is 3. The molecule has 1 unspecified atom stereocenters. The Balaban J connectivity index is 2.05. The molecule has 23 heavy (non-hydrogen) atoms. The molecule has 3 rings (SSSR count). The maximum atomic E-state index is 9.61. The van der Waals surface area contributed by atoms with Gasteiger partial charge >= 0.3 is 0 Å². The predicted octanol–water partition coefficient (Wildman–Crippen LogP) is 3.41. The van der Waals surface area contributed by atoms with Crippen LogP contribution in [-0.2, 0) is 0 Å². The number of hydrogen-bond donors (Lipinski definition) is 1. The van der Waals surface area contributed by atoms with Crippen LogP contribution >= 0.6 is 0 Å². The first-order valence-corrected chi connectivity index (χ1v) is 8.11. The van der Waals surface area contributed by atoms with Crippen LogP contribution in [0.1, 0.15) is 44.7 Å². The minimum Gasteiger partial charge on any atom is -0.347 e. The van der Waals surface area contributed by atoms with Gasteiger partial charge in [0.05, 0.1) is 22.9 Å². The minimum atomic E-state index is -0.145. The average Bonchev–Trinajstić information content (AvgIpc) is 3.34. The number of rotatable bonds is 3. The van der Waals surface area contributed by atoms with Crippen molar-refractivity contribution in [2.24, 2.45) is 5.41 Å². The van der Waals surface area contributed by atoms with E-state index in [4.69, 9.17) is 0 Å². The molecule has 0 bridgehead atoms. The lowest BCUT2D eigenvalue weighted by molar-refractivity contribution is 0.358. The maximum absolute atomic E-state index is 9.61. The molecule has 0 saturated heterocycles.